The number of hydrogen-bond donors (Lipinski definition) is 2. The molecular weight excluding hydrogens is 314 g/mol. The van der Waals surface area contributed by atoms with Crippen LogP contribution in [0.5, 0.6) is 5.75 Å². The van der Waals surface area contributed by atoms with Crippen molar-refractivity contribution in [1.82, 2.24) is 9.78 Å². The number of nitrogens with zero attached hydrogens (tertiary/aromatic N) is 2. The van der Waals surface area contributed by atoms with Crippen LogP contribution in [0.3, 0.4) is 0 Å². The first kappa shape index (κ1) is 15.1. The summed E-state index contributed by atoms with van der Waals surface area (Å²) >= 11 is 0. The predicted molar refractivity (Wildman–Crippen MR) is 87.2 cm³/mol. The van der Waals surface area contributed by atoms with E-state index in [1.165, 1.54) is 23.0 Å². The van der Waals surface area contributed by atoms with Crippen molar-refractivity contribution >= 4 is 15.7 Å². The molecule has 0 aliphatic rings. The molecule has 7 heteroatoms. The molecule has 0 bridgehead atoms. The summed E-state index contributed by atoms with van der Waals surface area (Å²) in [4.78, 5) is 0.205. The van der Waals surface area contributed by atoms with E-state index in [1.54, 1.807) is 49.4 Å². The number of rotatable bonds is 4. The molecule has 1 aromatic heterocycles. The molecule has 0 aliphatic carbocycles. The lowest BCUT2D eigenvalue weighted by molar-refractivity contribution is 0.471. The number of aromatic nitrogens is 2. The number of anilines is 1. The molecule has 0 saturated carbocycles. The molecule has 0 unspecified atom stereocenters. The van der Waals surface area contributed by atoms with Crippen LogP contribution in [0.4, 0.5) is 5.69 Å². The van der Waals surface area contributed by atoms with Gasteiger partial charge in [0.05, 0.1) is 16.8 Å². The third-order valence-corrected chi connectivity index (χ3v) is 4.71. The van der Waals surface area contributed by atoms with E-state index in [9.17, 15) is 13.5 Å². The standard InChI is InChI=1S/C16H15N3O3S/c1-12-16(20)11-19(17-12)14-9-7-13(8-10-14)18-23(21,22)15-5-3-2-4-6-15/h2-11,18,20H,1H3. The predicted octanol–water partition coefficient (Wildman–Crippen LogP) is 2.69. The number of hydrogen-bond acceptors (Lipinski definition) is 4. The average molecular weight is 329 g/mol. The Balaban J connectivity index is 1.83. The first-order chi connectivity index (χ1) is 11.0. The zero-order chi connectivity index (χ0) is 16.4. The number of nitrogens with one attached hydrogen (secondary N) is 1. The molecule has 2 aromatic carbocycles. The summed E-state index contributed by atoms with van der Waals surface area (Å²) in [7, 11) is -3.61. The van der Waals surface area contributed by atoms with Crippen LogP contribution >= 0.6 is 0 Å². The van der Waals surface area contributed by atoms with Gasteiger partial charge in [0.15, 0.2) is 5.75 Å². The van der Waals surface area contributed by atoms with Crippen LogP contribution < -0.4 is 4.72 Å². The average Bonchev–Trinajstić information content (AvgIpc) is 2.88. The van der Waals surface area contributed by atoms with Crippen molar-refractivity contribution in [2.75, 3.05) is 4.72 Å². The largest absolute Gasteiger partial charge is 0.504 e. The lowest BCUT2D eigenvalue weighted by Gasteiger charge is -2.09. The summed E-state index contributed by atoms with van der Waals surface area (Å²) in [6, 6.07) is 14.9. The van der Waals surface area contributed by atoms with Gasteiger partial charge >= 0.3 is 0 Å². The van der Waals surface area contributed by atoms with E-state index >= 15 is 0 Å². The monoisotopic (exact) mass is 329 g/mol. The maximum Gasteiger partial charge on any atom is 0.261 e. The number of benzene rings is 2. The number of aromatic hydroxyl groups is 1. The summed E-state index contributed by atoms with van der Waals surface area (Å²) in [5.41, 5.74) is 1.70. The number of sulfonamides is 1. The Morgan fingerprint density at radius 1 is 1.04 bits per heavy atom. The summed E-state index contributed by atoms with van der Waals surface area (Å²) in [6.45, 7) is 1.70. The highest BCUT2D eigenvalue weighted by Crippen LogP contribution is 2.20. The molecule has 2 N–H and O–H groups in total. The second kappa shape index (κ2) is 5.77. The summed E-state index contributed by atoms with van der Waals surface area (Å²) < 4.78 is 28.5. The van der Waals surface area contributed by atoms with Crippen LogP contribution in [0.25, 0.3) is 5.69 Å². The van der Waals surface area contributed by atoms with Crippen molar-refractivity contribution in [1.29, 1.82) is 0 Å². The van der Waals surface area contributed by atoms with Gasteiger partial charge in [-0.25, -0.2) is 13.1 Å². The van der Waals surface area contributed by atoms with Gasteiger partial charge in [-0.1, -0.05) is 18.2 Å². The first-order valence-corrected chi connectivity index (χ1v) is 8.37. The molecule has 6 nitrogen and oxygen atoms in total. The molecule has 0 fully saturated rings. The van der Waals surface area contributed by atoms with Crippen molar-refractivity contribution in [3.8, 4) is 11.4 Å². The maximum absolute atomic E-state index is 12.2. The van der Waals surface area contributed by atoms with E-state index in [4.69, 9.17) is 0 Å². The van der Waals surface area contributed by atoms with Crippen molar-refractivity contribution in [3.63, 3.8) is 0 Å². The molecule has 1 heterocycles. The third-order valence-electron chi connectivity index (χ3n) is 3.31. The van der Waals surface area contributed by atoms with Crippen LogP contribution in [0, 0.1) is 6.92 Å². The minimum Gasteiger partial charge on any atom is -0.504 e. The van der Waals surface area contributed by atoms with Gasteiger partial charge in [0.25, 0.3) is 10.0 Å². The van der Waals surface area contributed by atoms with E-state index in [2.05, 4.69) is 9.82 Å². The fourth-order valence-electron chi connectivity index (χ4n) is 2.08. The zero-order valence-electron chi connectivity index (χ0n) is 12.3. The molecule has 3 aromatic rings. The fraction of sp³-hybridized carbons (Fsp3) is 0.0625. The summed E-state index contributed by atoms with van der Waals surface area (Å²) in [5.74, 6) is 0.110. The zero-order valence-corrected chi connectivity index (χ0v) is 13.2. The normalized spacial score (nSPS) is 11.3. The van der Waals surface area contributed by atoms with Gasteiger partial charge in [-0.15, -0.1) is 0 Å². The summed E-state index contributed by atoms with van der Waals surface area (Å²) in [6.07, 6.45) is 1.50. The first-order valence-electron chi connectivity index (χ1n) is 6.89. The Morgan fingerprint density at radius 2 is 1.70 bits per heavy atom. The highest BCUT2D eigenvalue weighted by Gasteiger charge is 2.13. The van der Waals surface area contributed by atoms with Gasteiger partial charge in [-0.2, -0.15) is 5.10 Å². The van der Waals surface area contributed by atoms with Crippen molar-refractivity contribution in [3.05, 3.63) is 66.5 Å². The Bertz CT molecular complexity index is 897. The van der Waals surface area contributed by atoms with Crippen LogP contribution in [0.1, 0.15) is 5.69 Å². The third kappa shape index (κ3) is 3.19. The topological polar surface area (TPSA) is 84.2 Å². The highest BCUT2D eigenvalue weighted by molar-refractivity contribution is 7.92. The van der Waals surface area contributed by atoms with Gasteiger partial charge in [0.2, 0.25) is 0 Å². The summed E-state index contributed by atoms with van der Waals surface area (Å²) in [5, 5.41) is 13.7. The molecule has 23 heavy (non-hydrogen) atoms. The SMILES string of the molecule is Cc1nn(-c2ccc(NS(=O)(=O)c3ccccc3)cc2)cc1O. The molecule has 0 radical (unpaired) electrons. The molecule has 3 rings (SSSR count). The van der Waals surface area contributed by atoms with Gasteiger partial charge in [0, 0.05) is 5.69 Å². The van der Waals surface area contributed by atoms with Gasteiger partial charge in [-0.05, 0) is 43.3 Å². The Morgan fingerprint density at radius 3 is 2.26 bits per heavy atom. The van der Waals surface area contributed by atoms with Crippen LogP contribution in [0.2, 0.25) is 0 Å². The fourth-order valence-corrected chi connectivity index (χ4v) is 3.16. The van der Waals surface area contributed by atoms with Crippen molar-refractivity contribution < 1.29 is 13.5 Å². The van der Waals surface area contributed by atoms with Crippen molar-refractivity contribution in [2.45, 2.75) is 11.8 Å². The van der Waals surface area contributed by atoms with E-state index in [0.717, 1.165) is 5.69 Å². The number of aryl methyl sites for hydroxylation is 1. The Hall–Kier alpha value is -2.80. The molecule has 0 spiro atoms. The maximum atomic E-state index is 12.2. The lowest BCUT2D eigenvalue weighted by Crippen LogP contribution is -2.12. The molecule has 0 atom stereocenters. The molecule has 118 valence electrons. The Kier molecular flexibility index (Phi) is 3.79. The molecule has 0 amide bonds. The minimum atomic E-state index is -3.61. The van der Waals surface area contributed by atoms with Gasteiger partial charge in [-0.3, -0.25) is 4.72 Å². The van der Waals surface area contributed by atoms with E-state index in [-0.39, 0.29) is 10.6 Å². The van der Waals surface area contributed by atoms with Crippen molar-refractivity contribution in [2.24, 2.45) is 0 Å². The second-order valence-corrected chi connectivity index (χ2v) is 6.69. The lowest BCUT2D eigenvalue weighted by atomic mass is 10.3. The molecule has 0 saturated heterocycles. The molecule has 0 aliphatic heterocycles. The smallest absolute Gasteiger partial charge is 0.261 e. The van der Waals surface area contributed by atoms with Crippen LogP contribution in [-0.4, -0.2) is 23.3 Å². The van der Waals surface area contributed by atoms with Crippen LogP contribution in [0.15, 0.2) is 65.7 Å². The van der Waals surface area contributed by atoms with Gasteiger partial charge in [0.1, 0.15) is 5.69 Å². The quantitative estimate of drug-likeness (QED) is 0.771. The van der Waals surface area contributed by atoms with E-state index in [1.807, 2.05) is 0 Å². The van der Waals surface area contributed by atoms with E-state index < -0.39 is 10.0 Å². The second-order valence-electron chi connectivity index (χ2n) is 5.01. The van der Waals surface area contributed by atoms with Crippen LogP contribution in [-0.2, 0) is 10.0 Å². The molecular formula is C16H15N3O3S. The van der Waals surface area contributed by atoms with Gasteiger partial charge < -0.3 is 5.11 Å². The van der Waals surface area contributed by atoms with E-state index in [0.29, 0.717) is 11.4 Å². The Labute approximate surface area is 134 Å². The minimum absolute atomic E-state index is 0.110. The highest BCUT2D eigenvalue weighted by atomic mass is 32.2.